The number of nitrogens with zero attached hydrogens (tertiary/aromatic N) is 2. The summed E-state index contributed by atoms with van der Waals surface area (Å²) in [6.07, 6.45) is 1.87. The molecule has 3 heterocycles. The third kappa shape index (κ3) is 2.61. The highest BCUT2D eigenvalue weighted by Crippen LogP contribution is 2.45. The zero-order valence-corrected chi connectivity index (χ0v) is 17.8. The average molecular weight is 419 g/mol. The quantitative estimate of drug-likeness (QED) is 0.470. The van der Waals surface area contributed by atoms with Crippen LogP contribution >= 0.6 is 0 Å². The van der Waals surface area contributed by atoms with E-state index in [9.17, 15) is 4.79 Å². The van der Waals surface area contributed by atoms with Crippen LogP contribution in [0.5, 0.6) is 17.2 Å². The molecule has 8 nitrogen and oxygen atoms in total. The van der Waals surface area contributed by atoms with Gasteiger partial charge in [0.1, 0.15) is 11.1 Å². The van der Waals surface area contributed by atoms with Gasteiger partial charge < -0.3 is 23.7 Å². The molecule has 0 atom stereocenters. The number of pyridine rings is 1. The molecule has 1 N–H and O–H groups in total. The molecule has 0 fully saturated rings. The number of H-pyrrole nitrogens is 1. The van der Waals surface area contributed by atoms with Crippen LogP contribution in [-0.2, 0) is 7.05 Å². The molecular weight excluding hydrogens is 398 g/mol. The number of nitrogens with one attached hydrogen (secondary N) is 1. The Morgan fingerprint density at radius 1 is 1.00 bits per heavy atom. The number of benzene rings is 2. The number of aromatic amines is 1. The third-order valence-electron chi connectivity index (χ3n) is 5.66. The van der Waals surface area contributed by atoms with Gasteiger partial charge in [0, 0.05) is 35.1 Å². The van der Waals surface area contributed by atoms with Gasteiger partial charge in [-0.1, -0.05) is 0 Å². The fourth-order valence-electron chi connectivity index (χ4n) is 4.07. The fraction of sp³-hybridized carbons (Fsp3) is 0.217. The Bertz CT molecular complexity index is 1520. The van der Waals surface area contributed by atoms with Crippen LogP contribution in [0.4, 0.5) is 0 Å². The molecule has 0 aliphatic heterocycles. The van der Waals surface area contributed by atoms with Crippen molar-refractivity contribution in [1.82, 2.24) is 14.8 Å². The summed E-state index contributed by atoms with van der Waals surface area (Å²) in [7, 11) is 6.62. The SMILES string of the molecule is COc1cc(-c2c3c[nH]n(C)c3nc3c2oc2c(C)c(=O)ccc23)cc(OC)c1OC. The summed E-state index contributed by atoms with van der Waals surface area (Å²) in [5, 5.41) is 4.83. The standard InChI is InChI=1S/C23H21N3O5/c1-11-15(27)7-6-13-19-22(31-20(11)13)18(14-10-24-26(2)23(14)25-19)12-8-16(28-3)21(30-5)17(9-12)29-4/h6-10,24H,1-5H3. The predicted molar refractivity (Wildman–Crippen MR) is 118 cm³/mol. The largest absolute Gasteiger partial charge is 0.493 e. The normalized spacial score (nSPS) is 11.5. The molecule has 158 valence electrons. The Labute approximate surface area is 176 Å². The maximum absolute atomic E-state index is 12.2. The molecule has 31 heavy (non-hydrogen) atoms. The molecule has 0 aliphatic rings. The Morgan fingerprint density at radius 2 is 1.71 bits per heavy atom. The summed E-state index contributed by atoms with van der Waals surface area (Å²) in [4.78, 5) is 17.1. The molecule has 5 rings (SSSR count). The molecule has 0 aliphatic carbocycles. The van der Waals surface area contributed by atoms with Crippen LogP contribution in [-0.4, -0.2) is 36.1 Å². The van der Waals surface area contributed by atoms with E-state index in [0.717, 1.165) is 27.5 Å². The lowest BCUT2D eigenvalue weighted by atomic mass is 10.0. The van der Waals surface area contributed by atoms with E-state index in [2.05, 4.69) is 5.10 Å². The van der Waals surface area contributed by atoms with Crippen LogP contribution in [0.25, 0.3) is 44.2 Å². The molecular formula is C23H21N3O5. The lowest BCUT2D eigenvalue weighted by molar-refractivity contribution is 0.324. The molecule has 3 aromatic heterocycles. The number of aromatic nitrogens is 3. The van der Waals surface area contributed by atoms with Crippen molar-refractivity contribution in [2.75, 3.05) is 21.3 Å². The highest BCUT2D eigenvalue weighted by molar-refractivity contribution is 6.15. The second-order valence-corrected chi connectivity index (χ2v) is 7.32. The molecule has 2 aromatic carbocycles. The van der Waals surface area contributed by atoms with Gasteiger partial charge >= 0.3 is 0 Å². The van der Waals surface area contributed by atoms with Gasteiger partial charge in [-0.25, -0.2) is 4.98 Å². The van der Waals surface area contributed by atoms with E-state index in [-0.39, 0.29) is 5.43 Å². The summed E-state index contributed by atoms with van der Waals surface area (Å²) in [5.74, 6) is 1.57. The second-order valence-electron chi connectivity index (χ2n) is 7.32. The van der Waals surface area contributed by atoms with Crippen molar-refractivity contribution in [1.29, 1.82) is 0 Å². The van der Waals surface area contributed by atoms with Crippen molar-refractivity contribution < 1.29 is 18.6 Å². The van der Waals surface area contributed by atoms with E-state index < -0.39 is 0 Å². The van der Waals surface area contributed by atoms with Crippen molar-refractivity contribution in [2.24, 2.45) is 7.05 Å². The van der Waals surface area contributed by atoms with E-state index >= 15 is 0 Å². The molecule has 0 amide bonds. The summed E-state index contributed by atoms with van der Waals surface area (Å²) < 4.78 is 24.7. The van der Waals surface area contributed by atoms with Gasteiger partial charge in [0.2, 0.25) is 5.75 Å². The maximum atomic E-state index is 12.2. The van der Waals surface area contributed by atoms with Crippen LogP contribution in [0.2, 0.25) is 0 Å². The van der Waals surface area contributed by atoms with Crippen molar-refractivity contribution in [3.8, 4) is 28.4 Å². The van der Waals surface area contributed by atoms with E-state index in [1.54, 1.807) is 40.4 Å². The molecule has 0 radical (unpaired) electrons. The van der Waals surface area contributed by atoms with Gasteiger partial charge in [0.25, 0.3) is 0 Å². The van der Waals surface area contributed by atoms with E-state index in [1.807, 2.05) is 30.1 Å². The van der Waals surface area contributed by atoms with Gasteiger partial charge in [-0.2, -0.15) is 0 Å². The molecule has 8 heteroatoms. The Balaban J connectivity index is 1.98. The number of furan rings is 1. The maximum Gasteiger partial charge on any atom is 0.203 e. The summed E-state index contributed by atoms with van der Waals surface area (Å²) in [5.41, 5.74) is 4.69. The minimum absolute atomic E-state index is 0.0706. The third-order valence-corrected chi connectivity index (χ3v) is 5.66. The van der Waals surface area contributed by atoms with Gasteiger partial charge in [-0.15, -0.1) is 0 Å². The number of rotatable bonds is 4. The smallest absolute Gasteiger partial charge is 0.203 e. The molecule has 0 saturated carbocycles. The molecule has 0 spiro atoms. The zero-order chi connectivity index (χ0) is 21.9. The number of hydrogen-bond donors (Lipinski definition) is 1. The molecule has 0 saturated heterocycles. The number of methoxy groups -OCH3 is 3. The Morgan fingerprint density at radius 3 is 2.35 bits per heavy atom. The second kappa shape index (κ2) is 6.80. The number of hydrogen-bond acceptors (Lipinski definition) is 6. The minimum Gasteiger partial charge on any atom is -0.493 e. The van der Waals surface area contributed by atoms with E-state index in [0.29, 0.717) is 39.5 Å². The number of aryl methyl sites for hydroxylation is 2. The van der Waals surface area contributed by atoms with Gasteiger partial charge in [0.15, 0.2) is 28.2 Å². The van der Waals surface area contributed by atoms with Gasteiger partial charge in [-0.3, -0.25) is 9.48 Å². The van der Waals surface area contributed by atoms with Crippen molar-refractivity contribution in [2.45, 2.75) is 6.92 Å². The van der Waals surface area contributed by atoms with E-state index in [4.69, 9.17) is 23.6 Å². The van der Waals surface area contributed by atoms with Crippen LogP contribution in [0.1, 0.15) is 5.56 Å². The van der Waals surface area contributed by atoms with Gasteiger partial charge in [0.05, 0.1) is 21.3 Å². The molecule has 0 unspecified atom stereocenters. The highest BCUT2D eigenvalue weighted by Gasteiger charge is 2.23. The summed E-state index contributed by atoms with van der Waals surface area (Å²) in [6, 6.07) is 7.07. The first-order chi connectivity index (χ1) is 15.0. The Kier molecular flexibility index (Phi) is 4.18. The molecule has 5 aromatic rings. The lowest BCUT2D eigenvalue weighted by Gasteiger charge is -2.14. The monoisotopic (exact) mass is 419 g/mol. The fourth-order valence-corrected chi connectivity index (χ4v) is 4.07. The lowest BCUT2D eigenvalue weighted by Crippen LogP contribution is -2.01. The van der Waals surface area contributed by atoms with Crippen molar-refractivity contribution in [3.63, 3.8) is 0 Å². The first-order valence-corrected chi connectivity index (χ1v) is 9.68. The summed E-state index contributed by atoms with van der Waals surface area (Å²) in [6.45, 7) is 1.76. The summed E-state index contributed by atoms with van der Waals surface area (Å²) >= 11 is 0. The minimum atomic E-state index is -0.0706. The van der Waals surface area contributed by atoms with Crippen LogP contribution in [0.3, 0.4) is 0 Å². The first kappa shape index (κ1) is 19.0. The van der Waals surface area contributed by atoms with Crippen LogP contribution in [0, 0.1) is 6.92 Å². The number of fused-ring (bicyclic) bond motifs is 4. The van der Waals surface area contributed by atoms with Crippen LogP contribution < -0.4 is 19.6 Å². The van der Waals surface area contributed by atoms with E-state index in [1.165, 1.54) is 0 Å². The van der Waals surface area contributed by atoms with Crippen LogP contribution in [0.15, 0.2) is 39.7 Å². The van der Waals surface area contributed by atoms with Gasteiger partial charge in [-0.05, 0) is 36.8 Å². The molecule has 0 bridgehead atoms. The Hall–Kier alpha value is -3.94. The van der Waals surface area contributed by atoms with Crippen molar-refractivity contribution in [3.05, 3.63) is 46.2 Å². The zero-order valence-electron chi connectivity index (χ0n) is 17.8. The number of ether oxygens (including phenoxy) is 3. The highest BCUT2D eigenvalue weighted by atomic mass is 16.5. The predicted octanol–water partition coefficient (Wildman–Crippen LogP) is 4.16. The topological polar surface area (TPSA) is 91.5 Å². The van der Waals surface area contributed by atoms with Crippen molar-refractivity contribution >= 4 is 33.1 Å². The first-order valence-electron chi connectivity index (χ1n) is 9.68. The average Bonchev–Trinajstić information content (AvgIpc) is 3.34.